The summed E-state index contributed by atoms with van der Waals surface area (Å²) in [6.45, 7) is 9.07. The number of nitrogens with zero attached hydrogens (tertiary/aromatic N) is 1. The molecule has 1 saturated heterocycles. The number of rotatable bonds is 2. The molecule has 2 amide bonds. The van der Waals surface area contributed by atoms with Crippen LogP contribution in [0.4, 0.5) is 4.79 Å². The van der Waals surface area contributed by atoms with Gasteiger partial charge in [-0.15, -0.1) is 0 Å². The van der Waals surface area contributed by atoms with Crippen molar-refractivity contribution in [1.82, 2.24) is 10.2 Å². The van der Waals surface area contributed by atoms with E-state index in [4.69, 9.17) is 0 Å². The van der Waals surface area contributed by atoms with Crippen LogP contribution in [-0.2, 0) is 0 Å². The zero-order chi connectivity index (χ0) is 17.4. The number of carbonyl (C=O) groups excluding carboxylic acids is 1. The van der Waals surface area contributed by atoms with Gasteiger partial charge in [0.2, 0.25) is 0 Å². The van der Waals surface area contributed by atoms with Crippen LogP contribution in [0.5, 0.6) is 0 Å². The fraction of sp³-hybridized carbons (Fsp3) is 0.955. The molecule has 140 valence electrons. The molecule has 1 aliphatic heterocycles. The lowest BCUT2D eigenvalue weighted by molar-refractivity contribution is -0.0503. The molecule has 0 aromatic heterocycles. The number of amides is 2. The average Bonchev–Trinajstić information content (AvgIpc) is 2.72. The van der Waals surface area contributed by atoms with Crippen LogP contribution in [0.1, 0.15) is 78.6 Å². The first-order chi connectivity index (χ1) is 11.7. The topological polar surface area (TPSA) is 32.3 Å². The van der Waals surface area contributed by atoms with Crippen molar-refractivity contribution in [3.8, 4) is 0 Å². The van der Waals surface area contributed by atoms with Gasteiger partial charge in [-0.2, -0.15) is 0 Å². The van der Waals surface area contributed by atoms with Gasteiger partial charge in [0, 0.05) is 19.1 Å². The van der Waals surface area contributed by atoms with Crippen molar-refractivity contribution in [3.63, 3.8) is 0 Å². The number of hydrogen-bond acceptors (Lipinski definition) is 1. The van der Waals surface area contributed by atoms with Gasteiger partial charge in [-0.3, -0.25) is 0 Å². The molecule has 6 aliphatic rings. The number of likely N-dealkylation sites (tertiary alicyclic amines) is 1. The SMILES string of the molecule is CC1(C)CC2CC(C)(CN2C(=O)NCC23CC4CC(CC(C4)C2)C3)C1. The second-order valence-corrected chi connectivity index (χ2v) is 11.9. The van der Waals surface area contributed by atoms with E-state index in [1.165, 1.54) is 57.8 Å². The van der Waals surface area contributed by atoms with Gasteiger partial charge in [0.25, 0.3) is 0 Å². The van der Waals surface area contributed by atoms with E-state index in [1.54, 1.807) is 0 Å². The lowest BCUT2D eigenvalue weighted by atomic mass is 9.49. The van der Waals surface area contributed by atoms with Crippen LogP contribution in [0.3, 0.4) is 0 Å². The Morgan fingerprint density at radius 1 is 0.960 bits per heavy atom. The predicted octanol–water partition coefficient (Wildman–Crippen LogP) is 4.81. The molecule has 25 heavy (non-hydrogen) atoms. The maximum atomic E-state index is 13.0. The van der Waals surface area contributed by atoms with E-state index in [9.17, 15) is 4.79 Å². The first kappa shape index (κ1) is 16.4. The van der Waals surface area contributed by atoms with Crippen LogP contribution in [-0.4, -0.2) is 30.1 Å². The third-order valence-corrected chi connectivity index (χ3v) is 8.46. The smallest absolute Gasteiger partial charge is 0.317 e. The molecule has 5 aliphatic carbocycles. The van der Waals surface area contributed by atoms with E-state index in [2.05, 4.69) is 31.0 Å². The van der Waals surface area contributed by atoms with Crippen LogP contribution >= 0.6 is 0 Å². The number of urea groups is 1. The van der Waals surface area contributed by atoms with Crippen molar-refractivity contribution in [2.24, 2.45) is 34.0 Å². The molecule has 3 nitrogen and oxygen atoms in total. The highest BCUT2D eigenvalue weighted by Gasteiger charge is 2.53. The second kappa shape index (κ2) is 5.16. The largest absolute Gasteiger partial charge is 0.337 e. The minimum atomic E-state index is 0.238. The van der Waals surface area contributed by atoms with Gasteiger partial charge in [0.05, 0.1) is 0 Å². The van der Waals surface area contributed by atoms with Crippen molar-refractivity contribution < 1.29 is 4.79 Å². The maximum absolute atomic E-state index is 13.0. The first-order valence-electron chi connectivity index (χ1n) is 10.8. The normalized spacial score (nSPS) is 49.5. The summed E-state index contributed by atoms with van der Waals surface area (Å²) in [4.78, 5) is 15.3. The van der Waals surface area contributed by atoms with Gasteiger partial charge in [-0.1, -0.05) is 20.8 Å². The third-order valence-electron chi connectivity index (χ3n) is 8.46. The third kappa shape index (κ3) is 2.80. The Hall–Kier alpha value is -0.730. The zero-order valence-electron chi connectivity index (χ0n) is 16.4. The molecule has 2 unspecified atom stereocenters. The van der Waals surface area contributed by atoms with E-state index in [1.807, 2.05) is 0 Å². The quantitative estimate of drug-likeness (QED) is 0.766. The molecular weight excluding hydrogens is 308 g/mol. The zero-order valence-corrected chi connectivity index (χ0v) is 16.4. The maximum Gasteiger partial charge on any atom is 0.317 e. The van der Waals surface area contributed by atoms with Crippen molar-refractivity contribution in [1.29, 1.82) is 0 Å². The molecule has 3 heteroatoms. The number of fused-ring (bicyclic) bond motifs is 2. The summed E-state index contributed by atoms with van der Waals surface area (Å²) >= 11 is 0. The monoisotopic (exact) mass is 344 g/mol. The van der Waals surface area contributed by atoms with Crippen LogP contribution in [0.2, 0.25) is 0 Å². The average molecular weight is 345 g/mol. The van der Waals surface area contributed by atoms with Gasteiger partial charge in [0.1, 0.15) is 0 Å². The molecular formula is C22H36N2O. The summed E-state index contributed by atoms with van der Waals surface area (Å²) in [5.41, 5.74) is 1.17. The molecule has 0 spiro atoms. The molecule has 0 aromatic carbocycles. The molecule has 0 radical (unpaired) electrons. The van der Waals surface area contributed by atoms with Crippen molar-refractivity contribution in [3.05, 3.63) is 0 Å². The minimum Gasteiger partial charge on any atom is -0.337 e. The standard InChI is InChI=1S/C22H36N2O/c1-20(2)10-18-11-21(3,12-20)14-24(18)19(25)23-13-22-7-15-4-16(8-22)6-17(5-15)9-22/h15-18H,4-14H2,1-3H3,(H,23,25). The van der Waals surface area contributed by atoms with Gasteiger partial charge in [-0.25, -0.2) is 4.79 Å². The minimum absolute atomic E-state index is 0.238. The Kier molecular flexibility index (Phi) is 3.40. The Labute approximate surface area is 153 Å². The van der Waals surface area contributed by atoms with Gasteiger partial charge < -0.3 is 10.2 Å². The summed E-state index contributed by atoms with van der Waals surface area (Å²) in [6, 6.07) is 0.701. The molecule has 5 saturated carbocycles. The van der Waals surface area contributed by atoms with Crippen LogP contribution in [0.25, 0.3) is 0 Å². The molecule has 1 N–H and O–H groups in total. The molecule has 1 heterocycles. The molecule has 0 aromatic rings. The van der Waals surface area contributed by atoms with E-state index < -0.39 is 0 Å². The van der Waals surface area contributed by atoms with E-state index in [0.29, 0.717) is 22.3 Å². The van der Waals surface area contributed by atoms with Crippen LogP contribution < -0.4 is 5.32 Å². The van der Waals surface area contributed by atoms with Crippen LogP contribution in [0, 0.1) is 34.0 Å². The highest BCUT2D eigenvalue weighted by atomic mass is 16.2. The Bertz CT molecular complexity index is 547. The van der Waals surface area contributed by atoms with E-state index in [0.717, 1.165) is 30.8 Å². The molecule has 6 bridgehead atoms. The summed E-state index contributed by atoms with van der Waals surface area (Å²) in [5, 5.41) is 3.43. The Balaban J connectivity index is 1.25. The summed E-state index contributed by atoms with van der Waals surface area (Å²) < 4.78 is 0. The van der Waals surface area contributed by atoms with E-state index in [-0.39, 0.29) is 6.03 Å². The number of carbonyl (C=O) groups is 1. The number of hydrogen-bond donors (Lipinski definition) is 1. The fourth-order valence-corrected chi connectivity index (χ4v) is 8.57. The van der Waals surface area contributed by atoms with Crippen molar-refractivity contribution in [2.45, 2.75) is 84.6 Å². The van der Waals surface area contributed by atoms with Gasteiger partial charge in [-0.05, 0) is 91.8 Å². The summed E-state index contributed by atoms with van der Waals surface area (Å²) in [6.07, 6.45) is 12.2. The highest BCUT2D eigenvalue weighted by Crippen LogP contribution is 2.59. The van der Waals surface area contributed by atoms with E-state index >= 15 is 0 Å². The molecule has 2 atom stereocenters. The number of nitrogens with one attached hydrogen (secondary N) is 1. The Morgan fingerprint density at radius 2 is 1.56 bits per heavy atom. The predicted molar refractivity (Wildman–Crippen MR) is 100 cm³/mol. The van der Waals surface area contributed by atoms with Gasteiger partial charge >= 0.3 is 6.03 Å². The summed E-state index contributed by atoms with van der Waals surface area (Å²) in [7, 11) is 0. The highest BCUT2D eigenvalue weighted by molar-refractivity contribution is 5.75. The first-order valence-corrected chi connectivity index (χ1v) is 10.8. The lowest BCUT2D eigenvalue weighted by Crippen LogP contribution is -2.53. The summed E-state index contributed by atoms with van der Waals surface area (Å²) in [5.74, 6) is 2.90. The van der Waals surface area contributed by atoms with Crippen LogP contribution in [0.15, 0.2) is 0 Å². The van der Waals surface area contributed by atoms with Crippen molar-refractivity contribution >= 4 is 6.03 Å². The van der Waals surface area contributed by atoms with Gasteiger partial charge in [0.15, 0.2) is 0 Å². The fourth-order valence-electron chi connectivity index (χ4n) is 8.57. The second-order valence-electron chi connectivity index (χ2n) is 11.9. The van der Waals surface area contributed by atoms with Crippen molar-refractivity contribution in [2.75, 3.05) is 13.1 Å². The Morgan fingerprint density at radius 3 is 2.16 bits per heavy atom. The lowest BCUT2D eigenvalue weighted by Gasteiger charge is -2.57. The molecule has 6 fully saturated rings. The molecule has 6 rings (SSSR count).